The molecule has 3 aromatic carbocycles. The van der Waals surface area contributed by atoms with Crippen molar-refractivity contribution in [2.45, 2.75) is 6.92 Å². The van der Waals surface area contributed by atoms with Gasteiger partial charge in [0.2, 0.25) is 0 Å². The van der Waals surface area contributed by atoms with Gasteiger partial charge in [-0.1, -0.05) is 24.3 Å². The third kappa shape index (κ3) is 5.27. The van der Waals surface area contributed by atoms with Crippen molar-refractivity contribution >= 4 is 11.6 Å². The average molecular weight is 377 g/mol. The molecule has 0 aromatic heterocycles. The maximum absolute atomic E-state index is 12.4. The normalized spacial score (nSPS) is 10.2. The topological polar surface area (TPSA) is 56.8 Å². The van der Waals surface area contributed by atoms with E-state index in [1.165, 1.54) is 0 Å². The van der Waals surface area contributed by atoms with E-state index in [-0.39, 0.29) is 5.91 Å². The van der Waals surface area contributed by atoms with Gasteiger partial charge in [-0.15, -0.1) is 0 Å². The summed E-state index contributed by atoms with van der Waals surface area (Å²) in [5, 5.41) is 2.85. The predicted molar refractivity (Wildman–Crippen MR) is 110 cm³/mol. The molecule has 1 N–H and O–H groups in total. The van der Waals surface area contributed by atoms with Gasteiger partial charge in [-0.3, -0.25) is 4.79 Å². The molecule has 1 amide bonds. The lowest BCUT2D eigenvalue weighted by atomic mass is 10.2. The molecule has 0 fully saturated rings. The largest absolute Gasteiger partial charge is 0.495 e. The summed E-state index contributed by atoms with van der Waals surface area (Å²) < 4.78 is 16.6. The van der Waals surface area contributed by atoms with E-state index in [1.807, 2.05) is 43.3 Å². The van der Waals surface area contributed by atoms with Crippen molar-refractivity contribution in [1.82, 2.24) is 0 Å². The zero-order chi connectivity index (χ0) is 19.8. The van der Waals surface area contributed by atoms with Gasteiger partial charge in [0, 0.05) is 5.56 Å². The summed E-state index contributed by atoms with van der Waals surface area (Å²) >= 11 is 0. The fourth-order valence-electron chi connectivity index (χ4n) is 2.67. The second-order valence-electron chi connectivity index (χ2n) is 6.19. The van der Waals surface area contributed by atoms with Gasteiger partial charge in [0.15, 0.2) is 0 Å². The Bertz CT molecular complexity index is 922. The van der Waals surface area contributed by atoms with E-state index in [2.05, 4.69) is 5.32 Å². The maximum Gasteiger partial charge on any atom is 0.255 e. The van der Waals surface area contributed by atoms with Crippen molar-refractivity contribution in [3.8, 4) is 17.2 Å². The molecule has 3 aromatic rings. The molecule has 5 nitrogen and oxygen atoms in total. The van der Waals surface area contributed by atoms with E-state index in [4.69, 9.17) is 14.2 Å². The van der Waals surface area contributed by atoms with E-state index in [0.29, 0.717) is 36.0 Å². The predicted octanol–water partition coefficient (Wildman–Crippen LogP) is 4.71. The van der Waals surface area contributed by atoms with Crippen LogP contribution in [0.1, 0.15) is 15.9 Å². The fraction of sp³-hybridized carbons (Fsp3) is 0.174. The third-order valence-corrected chi connectivity index (χ3v) is 4.08. The maximum atomic E-state index is 12.4. The number of benzene rings is 3. The molecule has 0 bridgehead atoms. The summed E-state index contributed by atoms with van der Waals surface area (Å²) in [7, 11) is 1.57. The summed E-state index contributed by atoms with van der Waals surface area (Å²) in [4.78, 5) is 12.4. The van der Waals surface area contributed by atoms with Crippen LogP contribution in [0.25, 0.3) is 0 Å². The number of hydrogen-bond acceptors (Lipinski definition) is 4. The third-order valence-electron chi connectivity index (χ3n) is 4.08. The van der Waals surface area contributed by atoms with Gasteiger partial charge in [-0.2, -0.15) is 0 Å². The smallest absolute Gasteiger partial charge is 0.255 e. The zero-order valence-electron chi connectivity index (χ0n) is 16.0. The van der Waals surface area contributed by atoms with Gasteiger partial charge in [-0.05, 0) is 61.0 Å². The molecule has 0 aliphatic carbocycles. The Kier molecular flexibility index (Phi) is 6.52. The highest BCUT2D eigenvalue weighted by molar-refractivity contribution is 6.05. The van der Waals surface area contributed by atoms with Gasteiger partial charge < -0.3 is 19.5 Å². The highest BCUT2D eigenvalue weighted by Crippen LogP contribution is 2.24. The minimum atomic E-state index is -0.209. The van der Waals surface area contributed by atoms with Crippen LogP contribution in [0.4, 0.5) is 5.69 Å². The molecule has 0 heterocycles. The van der Waals surface area contributed by atoms with Crippen LogP contribution in [0.15, 0.2) is 72.8 Å². The Balaban J connectivity index is 1.49. The van der Waals surface area contributed by atoms with E-state index in [9.17, 15) is 4.79 Å². The van der Waals surface area contributed by atoms with Crippen LogP contribution in [0.3, 0.4) is 0 Å². The monoisotopic (exact) mass is 377 g/mol. The second-order valence-corrected chi connectivity index (χ2v) is 6.19. The van der Waals surface area contributed by atoms with Gasteiger partial charge in [0.25, 0.3) is 5.91 Å². The molecule has 0 radical (unpaired) electrons. The molecule has 0 unspecified atom stereocenters. The Labute approximate surface area is 164 Å². The fourth-order valence-corrected chi connectivity index (χ4v) is 2.67. The van der Waals surface area contributed by atoms with Crippen molar-refractivity contribution in [3.63, 3.8) is 0 Å². The number of anilines is 1. The minimum Gasteiger partial charge on any atom is -0.495 e. The molecule has 0 aliphatic rings. The Morgan fingerprint density at radius 2 is 1.57 bits per heavy atom. The van der Waals surface area contributed by atoms with Crippen LogP contribution in [-0.4, -0.2) is 26.2 Å². The first-order chi connectivity index (χ1) is 13.7. The Hall–Kier alpha value is -3.47. The quantitative estimate of drug-likeness (QED) is 0.578. The molecule has 0 atom stereocenters. The summed E-state index contributed by atoms with van der Waals surface area (Å²) in [6.45, 7) is 2.88. The number of carbonyl (C=O) groups excluding carboxylic acids is 1. The van der Waals surface area contributed by atoms with Crippen molar-refractivity contribution in [1.29, 1.82) is 0 Å². The molecular formula is C23H23NO4. The zero-order valence-corrected chi connectivity index (χ0v) is 16.0. The van der Waals surface area contributed by atoms with Crippen molar-refractivity contribution in [2.75, 3.05) is 25.6 Å². The van der Waals surface area contributed by atoms with E-state index >= 15 is 0 Å². The van der Waals surface area contributed by atoms with Crippen molar-refractivity contribution in [2.24, 2.45) is 0 Å². The molecule has 28 heavy (non-hydrogen) atoms. The van der Waals surface area contributed by atoms with Crippen LogP contribution in [0, 0.1) is 6.92 Å². The van der Waals surface area contributed by atoms with Crippen LogP contribution in [0.5, 0.6) is 17.2 Å². The average Bonchev–Trinajstić information content (AvgIpc) is 2.72. The molecular weight excluding hydrogens is 354 g/mol. The summed E-state index contributed by atoms with van der Waals surface area (Å²) in [6.07, 6.45) is 0. The number of rotatable bonds is 8. The van der Waals surface area contributed by atoms with Crippen LogP contribution in [-0.2, 0) is 0 Å². The van der Waals surface area contributed by atoms with E-state index in [1.54, 1.807) is 43.5 Å². The number of carbonyl (C=O) groups is 1. The number of amides is 1. The second kappa shape index (κ2) is 9.46. The van der Waals surface area contributed by atoms with Crippen LogP contribution in [0.2, 0.25) is 0 Å². The standard InChI is InChI=1S/C23H23NO4/c1-17-6-5-7-20(16-17)28-15-14-27-19-12-10-18(11-13-19)23(25)24-21-8-3-4-9-22(21)26-2/h3-13,16H,14-15H2,1-2H3,(H,24,25). The number of methoxy groups -OCH3 is 1. The molecule has 0 aliphatic heterocycles. The number of nitrogens with one attached hydrogen (secondary N) is 1. The van der Waals surface area contributed by atoms with E-state index < -0.39 is 0 Å². The summed E-state index contributed by atoms with van der Waals surface area (Å²) in [5.74, 6) is 1.91. The number of ether oxygens (including phenoxy) is 3. The Morgan fingerprint density at radius 3 is 2.29 bits per heavy atom. The first-order valence-corrected chi connectivity index (χ1v) is 9.02. The van der Waals surface area contributed by atoms with Crippen LogP contribution < -0.4 is 19.5 Å². The highest BCUT2D eigenvalue weighted by Gasteiger charge is 2.09. The van der Waals surface area contributed by atoms with Gasteiger partial charge in [0.1, 0.15) is 30.5 Å². The lowest BCUT2D eigenvalue weighted by Crippen LogP contribution is -2.13. The van der Waals surface area contributed by atoms with Crippen LogP contribution >= 0.6 is 0 Å². The van der Waals surface area contributed by atoms with E-state index in [0.717, 1.165) is 11.3 Å². The minimum absolute atomic E-state index is 0.209. The lowest BCUT2D eigenvalue weighted by molar-refractivity contribution is 0.102. The van der Waals surface area contributed by atoms with Gasteiger partial charge >= 0.3 is 0 Å². The Morgan fingerprint density at radius 1 is 0.857 bits per heavy atom. The summed E-state index contributed by atoms with van der Waals surface area (Å²) in [5.41, 5.74) is 2.32. The molecule has 0 saturated heterocycles. The number of hydrogen-bond donors (Lipinski definition) is 1. The first-order valence-electron chi connectivity index (χ1n) is 9.02. The highest BCUT2D eigenvalue weighted by atomic mass is 16.5. The van der Waals surface area contributed by atoms with Gasteiger partial charge in [-0.25, -0.2) is 0 Å². The molecule has 0 spiro atoms. The molecule has 0 saturated carbocycles. The molecule has 5 heteroatoms. The van der Waals surface area contributed by atoms with Gasteiger partial charge in [0.05, 0.1) is 12.8 Å². The summed E-state index contributed by atoms with van der Waals surface area (Å²) in [6, 6.07) is 22.1. The first kappa shape index (κ1) is 19.3. The number of aryl methyl sites for hydroxylation is 1. The number of para-hydroxylation sites is 2. The molecule has 144 valence electrons. The lowest BCUT2D eigenvalue weighted by Gasteiger charge is -2.11. The van der Waals surface area contributed by atoms with Crippen molar-refractivity contribution in [3.05, 3.63) is 83.9 Å². The van der Waals surface area contributed by atoms with Crippen molar-refractivity contribution < 1.29 is 19.0 Å². The SMILES string of the molecule is COc1ccccc1NC(=O)c1ccc(OCCOc2cccc(C)c2)cc1. The molecule has 3 rings (SSSR count).